The maximum atomic E-state index is 6.25. The summed E-state index contributed by atoms with van der Waals surface area (Å²) >= 11 is 0. The van der Waals surface area contributed by atoms with E-state index < -0.39 is 17.6 Å². The normalized spacial score (nSPS) is 10.4. The first-order valence-corrected chi connectivity index (χ1v) is 19.8. The van der Waals surface area contributed by atoms with Gasteiger partial charge in [-0.2, -0.15) is 0 Å². The number of rotatable bonds is 12. The summed E-state index contributed by atoms with van der Waals surface area (Å²) in [6.45, 7) is 28.1. The van der Waals surface area contributed by atoms with Gasteiger partial charge >= 0.3 is 19.5 Å². The Morgan fingerprint density at radius 2 is 0.766 bits per heavy atom. The summed E-state index contributed by atoms with van der Waals surface area (Å²) < 4.78 is 0. The third-order valence-electron chi connectivity index (χ3n) is 6.82. The zero-order chi connectivity index (χ0) is 34.5. The summed E-state index contributed by atoms with van der Waals surface area (Å²) in [6, 6.07) is 26.0. The van der Waals surface area contributed by atoms with E-state index in [-0.39, 0.29) is 19.5 Å². The zero-order valence-corrected chi connectivity index (χ0v) is 33.0. The van der Waals surface area contributed by atoms with Crippen molar-refractivity contribution in [1.82, 2.24) is 19.9 Å². The van der Waals surface area contributed by atoms with Crippen molar-refractivity contribution in [1.29, 1.82) is 10.5 Å². The van der Waals surface area contributed by atoms with Crippen LogP contribution in [-0.4, -0.2) is 37.5 Å². The summed E-state index contributed by atoms with van der Waals surface area (Å²) in [5.41, 5.74) is 3.83. The molecule has 0 saturated carbocycles. The van der Waals surface area contributed by atoms with Crippen molar-refractivity contribution in [3.63, 3.8) is 0 Å². The van der Waals surface area contributed by atoms with Crippen LogP contribution < -0.4 is 10.4 Å². The fraction of sp³-hybridized carbons (Fsp3) is 0.421. The van der Waals surface area contributed by atoms with Crippen LogP contribution in [0.15, 0.2) is 85.5 Å². The SMILES string of the molecule is CC(C)C[Si](CC(C)C)c1ccc(-c2ccccn2)nc1.CC(C)C[Si](CC(C)C)c1ccc(-c2ccccn2)nc1.[C-]#N.[C-]#N.[Ru+2]. The summed E-state index contributed by atoms with van der Waals surface area (Å²) in [5.74, 6) is 3.03. The summed E-state index contributed by atoms with van der Waals surface area (Å²) in [5, 5.41) is 15.4. The summed E-state index contributed by atoms with van der Waals surface area (Å²) in [4.78, 5) is 18.0. The van der Waals surface area contributed by atoms with Gasteiger partial charge in [-0.25, -0.2) is 0 Å². The Balaban J connectivity index is 0.000000799. The van der Waals surface area contributed by atoms with Crippen LogP contribution in [0.4, 0.5) is 0 Å². The van der Waals surface area contributed by atoms with Crippen molar-refractivity contribution in [2.75, 3.05) is 0 Å². The minimum Gasteiger partial charge on any atom is -0.512 e. The maximum Gasteiger partial charge on any atom is 2.00 e. The summed E-state index contributed by atoms with van der Waals surface area (Å²) in [7, 11) is -1.00. The molecule has 4 heterocycles. The molecule has 0 aromatic carbocycles. The molecule has 0 aliphatic rings. The number of nitrogens with zero attached hydrogens (tertiary/aromatic N) is 6. The molecule has 4 rings (SSSR count). The predicted molar refractivity (Wildman–Crippen MR) is 194 cm³/mol. The second-order valence-electron chi connectivity index (χ2n) is 12.9. The Morgan fingerprint density at radius 1 is 0.468 bits per heavy atom. The van der Waals surface area contributed by atoms with Crippen LogP contribution in [0.5, 0.6) is 0 Å². The predicted octanol–water partition coefficient (Wildman–Crippen LogP) is 8.51. The van der Waals surface area contributed by atoms with E-state index >= 15 is 0 Å². The molecule has 47 heavy (non-hydrogen) atoms. The second-order valence-corrected chi connectivity index (χ2v) is 18.1. The molecule has 9 heteroatoms. The van der Waals surface area contributed by atoms with Crippen LogP contribution in [0.2, 0.25) is 24.2 Å². The molecule has 0 aliphatic carbocycles. The number of pyridine rings is 4. The van der Waals surface area contributed by atoms with Gasteiger partial charge < -0.3 is 23.7 Å². The first kappa shape index (κ1) is 43.6. The Kier molecular flexibility index (Phi) is 23.0. The zero-order valence-electron chi connectivity index (χ0n) is 29.3. The smallest absolute Gasteiger partial charge is 0.512 e. The van der Waals surface area contributed by atoms with Crippen molar-refractivity contribution < 1.29 is 19.5 Å². The molecule has 4 aromatic rings. The van der Waals surface area contributed by atoms with Gasteiger partial charge in [-0.3, -0.25) is 19.9 Å². The van der Waals surface area contributed by atoms with Crippen molar-refractivity contribution >= 4 is 28.0 Å². The minimum absolute atomic E-state index is 0. The molecular formula is C38H50N6RuSi2. The maximum absolute atomic E-state index is 6.25. The molecule has 0 aliphatic heterocycles. The molecule has 6 nitrogen and oxygen atoms in total. The average molecular weight is 748 g/mol. The van der Waals surface area contributed by atoms with E-state index in [2.05, 4.69) is 112 Å². The van der Waals surface area contributed by atoms with Crippen LogP contribution in [0.25, 0.3) is 22.8 Å². The van der Waals surface area contributed by atoms with Crippen LogP contribution in [0.1, 0.15) is 55.4 Å². The molecule has 0 N–H and O–H groups in total. The fourth-order valence-electron chi connectivity index (χ4n) is 5.15. The molecule has 0 unspecified atom stereocenters. The van der Waals surface area contributed by atoms with Gasteiger partial charge in [0, 0.05) is 24.8 Å². The van der Waals surface area contributed by atoms with Crippen molar-refractivity contribution in [3.05, 3.63) is 98.6 Å². The number of aromatic nitrogens is 4. The van der Waals surface area contributed by atoms with Crippen molar-refractivity contribution in [3.8, 4) is 22.8 Å². The monoisotopic (exact) mass is 748 g/mol. The minimum atomic E-state index is -0.502. The van der Waals surface area contributed by atoms with Crippen LogP contribution in [-0.2, 0) is 19.5 Å². The molecule has 2 radical (unpaired) electrons. The van der Waals surface area contributed by atoms with E-state index in [9.17, 15) is 0 Å². The van der Waals surface area contributed by atoms with Crippen LogP contribution >= 0.6 is 0 Å². The Morgan fingerprint density at radius 3 is 0.979 bits per heavy atom. The van der Waals surface area contributed by atoms with E-state index in [4.69, 9.17) is 23.7 Å². The van der Waals surface area contributed by atoms with E-state index in [1.807, 2.05) is 48.8 Å². The average Bonchev–Trinajstić information content (AvgIpc) is 3.06. The number of hydrogen-bond donors (Lipinski definition) is 0. The van der Waals surface area contributed by atoms with Crippen molar-refractivity contribution in [2.24, 2.45) is 23.7 Å². The quantitative estimate of drug-likeness (QED) is 0.107. The van der Waals surface area contributed by atoms with E-state index in [1.54, 1.807) is 0 Å². The van der Waals surface area contributed by atoms with Gasteiger partial charge in [-0.1, -0.05) is 104 Å². The largest absolute Gasteiger partial charge is 2.00 e. The first-order chi connectivity index (χ1) is 22.1. The topological polar surface area (TPSA) is 99.1 Å². The van der Waals surface area contributed by atoms with Gasteiger partial charge in [0.05, 0.1) is 40.4 Å². The molecule has 0 spiro atoms. The van der Waals surface area contributed by atoms with Gasteiger partial charge in [0.2, 0.25) is 0 Å². The third kappa shape index (κ3) is 16.9. The van der Waals surface area contributed by atoms with E-state index in [0.29, 0.717) is 0 Å². The molecule has 0 atom stereocenters. The van der Waals surface area contributed by atoms with Gasteiger partial charge in [-0.15, -0.1) is 0 Å². The number of hydrogen-bond acceptors (Lipinski definition) is 6. The van der Waals surface area contributed by atoms with Crippen molar-refractivity contribution in [2.45, 2.75) is 79.6 Å². The standard InChI is InChI=1S/2C18H25N2Si.2CN.Ru/c2*1-14(2)12-21(13-15(3)4)16-8-9-18(20-11-16)17-7-5-6-10-19-17;2*1-2;/h2*5-11,14-15H,12-13H2,1-4H3;;;/q;;2*-1;+2. The molecule has 4 aromatic heterocycles. The van der Waals surface area contributed by atoms with Crippen LogP contribution in [0, 0.1) is 47.3 Å². The molecule has 0 bridgehead atoms. The van der Waals surface area contributed by atoms with Crippen LogP contribution in [0.3, 0.4) is 0 Å². The first-order valence-electron chi connectivity index (χ1n) is 16.0. The molecule has 0 amide bonds. The van der Waals surface area contributed by atoms with Gasteiger partial charge in [0.15, 0.2) is 0 Å². The Labute approximate surface area is 301 Å². The summed E-state index contributed by atoms with van der Waals surface area (Å²) in [6.07, 6.45) is 7.81. The van der Waals surface area contributed by atoms with Gasteiger partial charge in [0.25, 0.3) is 0 Å². The van der Waals surface area contributed by atoms with E-state index in [0.717, 1.165) is 46.4 Å². The molecule has 0 fully saturated rings. The van der Waals surface area contributed by atoms with Gasteiger partial charge in [0.1, 0.15) is 0 Å². The Bertz CT molecular complexity index is 1250. The van der Waals surface area contributed by atoms with Gasteiger partial charge in [-0.05, 0) is 70.4 Å². The van der Waals surface area contributed by atoms with E-state index in [1.165, 1.54) is 34.5 Å². The molecule has 0 saturated heterocycles. The second kappa shape index (κ2) is 24.8. The fourth-order valence-corrected chi connectivity index (χ4v) is 11.5. The molecule has 248 valence electrons. The third-order valence-corrected chi connectivity index (χ3v) is 14.3. The molecular weight excluding hydrogens is 698 g/mol. The Hall–Kier alpha value is -3.36.